The second-order valence-electron chi connectivity index (χ2n) is 10.6. The van der Waals surface area contributed by atoms with Crippen LogP contribution in [0.1, 0.15) is 47.5 Å². The van der Waals surface area contributed by atoms with E-state index < -0.39 is 59.8 Å². The van der Waals surface area contributed by atoms with Crippen molar-refractivity contribution in [3.05, 3.63) is 58.5 Å². The molecule has 2 aliphatic rings. The van der Waals surface area contributed by atoms with Crippen LogP contribution in [0.3, 0.4) is 0 Å². The van der Waals surface area contributed by atoms with Crippen LogP contribution in [0.15, 0.2) is 58.5 Å². The summed E-state index contributed by atoms with van der Waals surface area (Å²) in [5.74, 6) is -3.17. The van der Waals surface area contributed by atoms with E-state index in [1.54, 1.807) is 26.0 Å². The Morgan fingerprint density at radius 1 is 1.12 bits per heavy atom. The largest absolute Gasteiger partial charge is 0.439 e. The molecule has 0 saturated heterocycles. The van der Waals surface area contributed by atoms with Crippen LogP contribution in [0.4, 0.5) is 4.79 Å². The molecule has 0 aromatic heterocycles. The second kappa shape index (κ2) is 15.4. The van der Waals surface area contributed by atoms with Crippen LogP contribution in [0.2, 0.25) is 0 Å². The van der Waals surface area contributed by atoms with E-state index in [1.807, 2.05) is 6.92 Å². The van der Waals surface area contributed by atoms with Gasteiger partial charge in [-0.25, -0.2) is 4.79 Å². The molecule has 0 aromatic rings. The van der Waals surface area contributed by atoms with Gasteiger partial charge >= 0.3 is 6.09 Å². The number of rotatable bonds is 4. The van der Waals surface area contributed by atoms with Crippen molar-refractivity contribution in [1.29, 1.82) is 0 Å². The maximum atomic E-state index is 13.5. The highest BCUT2D eigenvalue weighted by molar-refractivity contribution is 6.24. The van der Waals surface area contributed by atoms with Crippen LogP contribution in [-0.4, -0.2) is 73.2 Å². The first-order valence-electron chi connectivity index (χ1n) is 13.6. The van der Waals surface area contributed by atoms with E-state index in [2.05, 4.69) is 10.6 Å². The number of hydrogen-bond acceptors (Lipinski definition) is 9. The fourth-order valence-electron chi connectivity index (χ4n) is 4.90. The molecule has 0 fully saturated rings. The number of Topliss-reactive ketones (excluding diaryl/α,β-unsaturated/α-hetero) is 1. The SMILES string of the molecule is CO[C@H]1CC(C)CC2=C(NC(C)=O)C(=O)C=C(NC(=O)/C(C)=C/C=C\[C@H](OC)[C@@H](OC(N)=O)/C(C)=C/[C@H](C)C1O)C2=O. The molecule has 0 aromatic carbocycles. The van der Waals surface area contributed by atoms with Gasteiger partial charge in [0.1, 0.15) is 6.10 Å². The molecule has 2 bridgehead atoms. The molecule has 0 saturated carbocycles. The summed E-state index contributed by atoms with van der Waals surface area (Å²) in [7, 11) is 2.87. The number of allylic oxidation sites excluding steroid dienone is 4. The van der Waals surface area contributed by atoms with Crippen LogP contribution in [0.25, 0.3) is 0 Å². The summed E-state index contributed by atoms with van der Waals surface area (Å²) in [5, 5.41) is 16.1. The maximum Gasteiger partial charge on any atom is 0.405 e. The topological polar surface area (TPSA) is 183 Å². The van der Waals surface area contributed by atoms with Gasteiger partial charge < -0.3 is 35.7 Å². The molecule has 1 aliphatic heterocycles. The average molecular weight is 588 g/mol. The smallest absolute Gasteiger partial charge is 0.405 e. The van der Waals surface area contributed by atoms with Crippen molar-refractivity contribution in [3.8, 4) is 0 Å². The molecule has 2 rings (SSSR count). The number of amides is 3. The highest BCUT2D eigenvalue weighted by Crippen LogP contribution is 2.28. The van der Waals surface area contributed by atoms with Gasteiger partial charge in [-0.3, -0.25) is 19.2 Å². The van der Waals surface area contributed by atoms with E-state index >= 15 is 0 Å². The molecule has 1 aliphatic carbocycles. The standard InChI is InChI=1S/C30H41N3O9/c1-15-11-20-25(32-19(5)34)22(35)14-21(27(20)37)33-29(38)16(2)9-8-10-23(40-6)28(42-30(31)39)18(4)13-17(3)26(36)24(12-15)41-7/h8-10,13-15,17,23-24,26,28,36H,11-12H2,1-7H3,(H2,31,39)(H,32,34)(H,33,38)/b10-8-,16-9+,18-13+/t15?,17-,23-,24-,26?,28-/m0/s1. The van der Waals surface area contributed by atoms with Crippen molar-refractivity contribution >= 4 is 29.5 Å². The first-order chi connectivity index (χ1) is 19.7. The maximum absolute atomic E-state index is 13.5. The van der Waals surface area contributed by atoms with Crippen LogP contribution >= 0.6 is 0 Å². The number of fused-ring (bicyclic) bond motifs is 2. The Morgan fingerprint density at radius 3 is 2.36 bits per heavy atom. The average Bonchev–Trinajstić information content (AvgIpc) is 2.91. The van der Waals surface area contributed by atoms with Crippen molar-refractivity contribution in [2.75, 3.05) is 14.2 Å². The Morgan fingerprint density at radius 2 is 1.79 bits per heavy atom. The second-order valence-corrected chi connectivity index (χ2v) is 10.6. The number of aliphatic hydroxyl groups is 1. The molecule has 0 spiro atoms. The van der Waals surface area contributed by atoms with Gasteiger partial charge in [-0.05, 0) is 38.2 Å². The third-order valence-corrected chi connectivity index (χ3v) is 7.09. The third-order valence-electron chi connectivity index (χ3n) is 7.09. The summed E-state index contributed by atoms with van der Waals surface area (Å²) in [6, 6.07) is 0. The van der Waals surface area contributed by atoms with Gasteiger partial charge in [-0.15, -0.1) is 0 Å². The number of carbonyl (C=O) groups excluding carboxylic acids is 5. The predicted molar refractivity (Wildman–Crippen MR) is 153 cm³/mol. The van der Waals surface area contributed by atoms with Crippen LogP contribution in [-0.2, 0) is 33.4 Å². The molecule has 1 heterocycles. The lowest BCUT2D eigenvalue weighted by atomic mass is 9.85. The summed E-state index contributed by atoms with van der Waals surface area (Å²) in [6.45, 7) is 8.04. The first kappa shape index (κ1) is 34.3. The van der Waals surface area contributed by atoms with Gasteiger partial charge in [-0.1, -0.05) is 38.2 Å². The fourth-order valence-corrected chi connectivity index (χ4v) is 4.90. The number of ether oxygens (including phenoxy) is 3. The summed E-state index contributed by atoms with van der Waals surface area (Å²) < 4.78 is 16.5. The van der Waals surface area contributed by atoms with Gasteiger partial charge in [0.15, 0.2) is 6.10 Å². The Kier molecular flexibility index (Phi) is 12.6. The Bertz CT molecular complexity index is 1240. The molecule has 5 N–H and O–H groups in total. The molecule has 3 amide bonds. The van der Waals surface area contributed by atoms with E-state index in [-0.39, 0.29) is 41.3 Å². The van der Waals surface area contributed by atoms with Crippen molar-refractivity contribution in [1.82, 2.24) is 10.6 Å². The minimum atomic E-state index is -1.02. The number of methoxy groups -OCH3 is 2. The van der Waals surface area contributed by atoms with E-state index in [4.69, 9.17) is 19.9 Å². The lowest BCUT2D eigenvalue weighted by Gasteiger charge is -2.30. The van der Waals surface area contributed by atoms with Gasteiger partial charge in [0.25, 0.3) is 5.91 Å². The molecule has 12 heteroatoms. The van der Waals surface area contributed by atoms with Crippen molar-refractivity contribution in [2.24, 2.45) is 17.6 Å². The highest BCUT2D eigenvalue weighted by Gasteiger charge is 2.33. The Labute approximate surface area is 245 Å². The normalized spacial score (nSPS) is 31.6. The quantitative estimate of drug-likeness (QED) is 0.282. The molecule has 2 unspecified atom stereocenters. The molecular formula is C30H41N3O9. The molecule has 6 atom stereocenters. The Balaban J connectivity index is 2.64. The zero-order valence-corrected chi connectivity index (χ0v) is 25.1. The van der Waals surface area contributed by atoms with Crippen LogP contribution in [0.5, 0.6) is 0 Å². The van der Waals surface area contributed by atoms with Gasteiger partial charge in [-0.2, -0.15) is 0 Å². The van der Waals surface area contributed by atoms with E-state index in [0.29, 0.717) is 5.57 Å². The predicted octanol–water partition coefficient (Wildman–Crippen LogP) is 1.90. The Hall–Kier alpha value is -3.87. The molecule has 230 valence electrons. The summed E-state index contributed by atoms with van der Waals surface area (Å²) in [5.41, 5.74) is 5.76. The third kappa shape index (κ3) is 9.07. The highest BCUT2D eigenvalue weighted by atomic mass is 16.6. The molecule has 42 heavy (non-hydrogen) atoms. The lowest BCUT2D eigenvalue weighted by Crippen LogP contribution is -2.38. The van der Waals surface area contributed by atoms with Crippen LogP contribution < -0.4 is 16.4 Å². The van der Waals surface area contributed by atoms with E-state index in [9.17, 15) is 29.1 Å². The molecule has 12 nitrogen and oxygen atoms in total. The van der Waals surface area contributed by atoms with Crippen molar-refractivity contribution in [2.45, 2.75) is 71.9 Å². The minimum absolute atomic E-state index is 0.0439. The number of aliphatic hydroxyl groups excluding tert-OH is 1. The number of primary amides is 1. The number of nitrogens with two attached hydrogens (primary N) is 1. The van der Waals surface area contributed by atoms with Gasteiger partial charge in [0.2, 0.25) is 17.5 Å². The van der Waals surface area contributed by atoms with Gasteiger partial charge in [0.05, 0.1) is 23.6 Å². The van der Waals surface area contributed by atoms with Gasteiger partial charge in [0, 0.05) is 44.3 Å². The van der Waals surface area contributed by atoms with Crippen molar-refractivity contribution < 1.29 is 43.3 Å². The van der Waals surface area contributed by atoms with E-state index in [1.165, 1.54) is 40.2 Å². The summed E-state index contributed by atoms with van der Waals surface area (Å²) in [6.07, 6.45) is 3.15. The first-order valence-corrected chi connectivity index (χ1v) is 13.6. The van der Waals surface area contributed by atoms with E-state index in [0.717, 1.165) is 6.08 Å². The summed E-state index contributed by atoms with van der Waals surface area (Å²) in [4.78, 5) is 62.9. The summed E-state index contributed by atoms with van der Waals surface area (Å²) >= 11 is 0. The molecular weight excluding hydrogens is 546 g/mol. The number of nitrogens with one attached hydrogen (secondary N) is 2. The van der Waals surface area contributed by atoms with Crippen LogP contribution in [0, 0.1) is 11.8 Å². The minimum Gasteiger partial charge on any atom is -0.439 e. The number of ketones is 2. The monoisotopic (exact) mass is 587 g/mol. The number of carbonyl (C=O) groups is 5. The molecule has 0 radical (unpaired) electrons. The lowest BCUT2D eigenvalue weighted by molar-refractivity contribution is -0.122. The zero-order valence-electron chi connectivity index (χ0n) is 25.1. The fraction of sp³-hybridized carbons (Fsp3) is 0.500. The van der Waals surface area contributed by atoms with Crippen molar-refractivity contribution in [3.63, 3.8) is 0 Å². The zero-order chi connectivity index (χ0) is 31.7. The number of hydrogen-bond donors (Lipinski definition) is 4.